The van der Waals surface area contributed by atoms with Crippen molar-refractivity contribution < 1.29 is 23.9 Å². The Hall–Kier alpha value is -3.57. The maximum atomic E-state index is 10.6. The number of benzene rings is 1. The SMILES string of the molecule is Cc1c(CN=C=O)c(C)c(CN=C=O)c(OCCOCCN=[N+]=[N-])c1CN=C=O. The molecule has 0 heterocycles. The average Bonchev–Trinajstić information content (AvgIpc) is 2.72. The van der Waals surface area contributed by atoms with Gasteiger partial charge in [0.25, 0.3) is 0 Å². The fourth-order valence-electron chi connectivity index (χ4n) is 2.75. The first-order valence-corrected chi connectivity index (χ1v) is 8.58. The minimum Gasteiger partial charge on any atom is -0.490 e. The van der Waals surface area contributed by atoms with Crippen LogP contribution in [-0.2, 0) is 38.8 Å². The van der Waals surface area contributed by atoms with Crippen molar-refractivity contribution in [2.45, 2.75) is 33.5 Å². The summed E-state index contributed by atoms with van der Waals surface area (Å²) in [5, 5.41) is 3.36. The van der Waals surface area contributed by atoms with Crippen LogP contribution in [-0.4, -0.2) is 44.6 Å². The summed E-state index contributed by atoms with van der Waals surface area (Å²) >= 11 is 0. The summed E-state index contributed by atoms with van der Waals surface area (Å²) in [6.07, 6.45) is 4.48. The van der Waals surface area contributed by atoms with E-state index in [1.165, 1.54) is 18.2 Å². The highest BCUT2D eigenvalue weighted by Gasteiger charge is 2.20. The zero-order valence-electron chi connectivity index (χ0n) is 16.2. The molecule has 11 heteroatoms. The van der Waals surface area contributed by atoms with Crippen LogP contribution in [0.25, 0.3) is 10.4 Å². The Morgan fingerprint density at radius 3 is 1.83 bits per heavy atom. The smallest absolute Gasteiger partial charge is 0.235 e. The molecule has 0 bridgehead atoms. The largest absolute Gasteiger partial charge is 0.490 e. The van der Waals surface area contributed by atoms with E-state index in [1.54, 1.807) is 13.8 Å². The first-order valence-electron chi connectivity index (χ1n) is 8.58. The van der Waals surface area contributed by atoms with Crippen molar-refractivity contribution in [2.24, 2.45) is 20.1 Å². The van der Waals surface area contributed by atoms with Gasteiger partial charge in [-0.1, -0.05) is 5.11 Å². The van der Waals surface area contributed by atoms with E-state index in [2.05, 4.69) is 25.0 Å². The van der Waals surface area contributed by atoms with Gasteiger partial charge in [0, 0.05) is 22.6 Å². The second-order valence-electron chi connectivity index (χ2n) is 5.65. The summed E-state index contributed by atoms with van der Waals surface area (Å²) in [6, 6.07) is 0. The molecule has 152 valence electrons. The molecule has 0 saturated heterocycles. The van der Waals surface area contributed by atoms with Gasteiger partial charge in [0.15, 0.2) is 0 Å². The second kappa shape index (κ2) is 13.6. The molecule has 0 unspecified atom stereocenters. The summed E-state index contributed by atoms with van der Waals surface area (Å²) < 4.78 is 11.2. The molecule has 0 aromatic heterocycles. The van der Waals surface area contributed by atoms with Crippen molar-refractivity contribution >= 4 is 18.2 Å². The number of hydrogen-bond acceptors (Lipinski definition) is 9. The summed E-state index contributed by atoms with van der Waals surface area (Å²) in [5.41, 5.74) is 11.7. The highest BCUT2D eigenvalue weighted by atomic mass is 16.5. The maximum Gasteiger partial charge on any atom is 0.235 e. The summed E-state index contributed by atoms with van der Waals surface area (Å²) in [6.45, 7) is 4.52. The van der Waals surface area contributed by atoms with Crippen LogP contribution in [0.1, 0.15) is 27.8 Å². The highest BCUT2D eigenvalue weighted by molar-refractivity contribution is 5.56. The standard InChI is InChI=1S/C18H20N6O5/c1-13-15(7-20-10-25)14(2)17(9-22-12-27)18(16(13)8-21-11-26)29-6-5-28-4-3-23-24-19/h3-9H2,1-2H3. The number of aliphatic imine (C=N–C) groups is 3. The zero-order chi connectivity index (χ0) is 21.5. The van der Waals surface area contributed by atoms with Gasteiger partial charge in [-0.2, -0.15) is 0 Å². The van der Waals surface area contributed by atoms with Crippen molar-refractivity contribution in [1.82, 2.24) is 0 Å². The lowest BCUT2D eigenvalue weighted by Gasteiger charge is -2.21. The minimum absolute atomic E-state index is 0.00169. The van der Waals surface area contributed by atoms with Crippen LogP contribution in [0.15, 0.2) is 20.1 Å². The van der Waals surface area contributed by atoms with Gasteiger partial charge >= 0.3 is 0 Å². The van der Waals surface area contributed by atoms with E-state index in [9.17, 15) is 14.4 Å². The third kappa shape index (κ3) is 7.16. The van der Waals surface area contributed by atoms with Crippen molar-refractivity contribution in [2.75, 3.05) is 26.4 Å². The predicted octanol–water partition coefficient (Wildman–Crippen LogP) is 2.52. The summed E-state index contributed by atoms with van der Waals surface area (Å²) in [7, 11) is 0. The lowest BCUT2D eigenvalue weighted by molar-refractivity contribution is 0.105. The van der Waals surface area contributed by atoms with Gasteiger partial charge in [-0.3, -0.25) is 0 Å². The molecule has 0 aliphatic rings. The van der Waals surface area contributed by atoms with Crippen LogP contribution in [0.2, 0.25) is 0 Å². The van der Waals surface area contributed by atoms with Gasteiger partial charge in [-0.05, 0) is 36.1 Å². The maximum absolute atomic E-state index is 10.6. The van der Waals surface area contributed by atoms with Crippen LogP contribution in [0.3, 0.4) is 0 Å². The second-order valence-corrected chi connectivity index (χ2v) is 5.65. The van der Waals surface area contributed by atoms with E-state index in [0.717, 1.165) is 16.7 Å². The fraction of sp³-hybridized carbons (Fsp3) is 0.500. The molecule has 0 aliphatic carbocycles. The molecule has 0 amide bonds. The number of hydrogen-bond donors (Lipinski definition) is 0. The van der Waals surface area contributed by atoms with Crippen LogP contribution in [0, 0.1) is 13.8 Å². The Kier molecular flexibility index (Phi) is 11.0. The zero-order valence-corrected chi connectivity index (χ0v) is 16.2. The Morgan fingerprint density at radius 2 is 1.34 bits per heavy atom. The third-order valence-electron chi connectivity index (χ3n) is 4.14. The van der Waals surface area contributed by atoms with Crippen molar-refractivity contribution in [1.29, 1.82) is 0 Å². The normalized spacial score (nSPS) is 9.45. The van der Waals surface area contributed by atoms with Crippen LogP contribution < -0.4 is 4.74 Å². The van der Waals surface area contributed by atoms with E-state index in [0.29, 0.717) is 16.9 Å². The molecule has 0 N–H and O–H groups in total. The molecule has 11 nitrogen and oxygen atoms in total. The number of nitrogens with zero attached hydrogens (tertiary/aromatic N) is 6. The first-order chi connectivity index (χ1) is 14.1. The third-order valence-corrected chi connectivity index (χ3v) is 4.14. The van der Waals surface area contributed by atoms with Crippen LogP contribution >= 0.6 is 0 Å². The number of carbonyl (C=O) groups excluding carboxylic acids is 3. The molecule has 1 aromatic carbocycles. The van der Waals surface area contributed by atoms with Crippen molar-refractivity contribution in [3.8, 4) is 5.75 Å². The van der Waals surface area contributed by atoms with Gasteiger partial charge < -0.3 is 9.47 Å². The molecular weight excluding hydrogens is 380 g/mol. The minimum atomic E-state index is -0.00169. The molecule has 0 radical (unpaired) electrons. The molecular formula is C18H20N6O5. The Bertz CT molecular complexity index is 859. The van der Waals surface area contributed by atoms with Gasteiger partial charge in [0.2, 0.25) is 18.2 Å². The van der Waals surface area contributed by atoms with Gasteiger partial charge in [0.1, 0.15) is 12.4 Å². The Balaban J connectivity index is 3.28. The Labute approximate surface area is 166 Å². The fourth-order valence-corrected chi connectivity index (χ4v) is 2.75. The topological polar surface area (TPSA) is 156 Å². The van der Waals surface area contributed by atoms with E-state index in [1.807, 2.05) is 0 Å². The first kappa shape index (κ1) is 23.5. The lowest BCUT2D eigenvalue weighted by Crippen LogP contribution is -2.13. The number of ether oxygens (including phenoxy) is 2. The number of azide groups is 1. The molecule has 0 aliphatic heterocycles. The van der Waals surface area contributed by atoms with Gasteiger partial charge in [-0.15, -0.1) is 0 Å². The predicted molar refractivity (Wildman–Crippen MR) is 102 cm³/mol. The van der Waals surface area contributed by atoms with Crippen LogP contribution in [0.5, 0.6) is 5.75 Å². The summed E-state index contributed by atoms with van der Waals surface area (Å²) in [5.74, 6) is 0.426. The highest BCUT2D eigenvalue weighted by Crippen LogP contribution is 2.35. The quantitative estimate of drug-likeness (QED) is 0.124. The molecule has 0 atom stereocenters. The molecule has 29 heavy (non-hydrogen) atoms. The van der Waals surface area contributed by atoms with Crippen molar-refractivity contribution in [3.63, 3.8) is 0 Å². The monoisotopic (exact) mass is 400 g/mol. The van der Waals surface area contributed by atoms with E-state index in [4.69, 9.17) is 15.0 Å². The number of rotatable bonds is 13. The molecule has 0 fully saturated rings. The molecule has 0 saturated carbocycles. The molecule has 1 aromatic rings. The van der Waals surface area contributed by atoms with E-state index in [-0.39, 0.29) is 46.0 Å². The van der Waals surface area contributed by atoms with Crippen molar-refractivity contribution in [3.05, 3.63) is 38.3 Å². The average molecular weight is 400 g/mol. The number of isocyanates is 3. The Morgan fingerprint density at radius 1 is 0.828 bits per heavy atom. The van der Waals surface area contributed by atoms with Gasteiger partial charge in [0.05, 0.1) is 32.8 Å². The lowest BCUT2D eigenvalue weighted by atomic mass is 9.91. The van der Waals surface area contributed by atoms with Crippen LogP contribution in [0.4, 0.5) is 0 Å². The molecule has 1 rings (SSSR count). The van der Waals surface area contributed by atoms with E-state index >= 15 is 0 Å². The van der Waals surface area contributed by atoms with Gasteiger partial charge in [-0.25, -0.2) is 29.4 Å². The molecule has 0 spiro atoms. The summed E-state index contributed by atoms with van der Waals surface area (Å²) in [4.78, 5) is 45.4. The van der Waals surface area contributed by atoms with E-state index < -0.39 is 0 Å².